The van der Waals surface area contributed by atoms with E-state index in [0.29, 0.717) is 31.2 Å². The van der Waals surface area contributed by atoms with Crippen LogP contribution in [0.3, 0.4) is 0 Å². The Morgan fingerprint density at radius 2 is 2.50 bits per heavy atom. The van der Waals surface area contributed by atoms with Gasteiger partial charge in [-0.25, -0.2) is 0 Å². The van der Waals surface area contributed by atoms with E-state index < -0.39 is 5.97 Å². The second-order valence-electron chi connectivity index (χ2n) is 4.02. The molecule has 1 N–H and O–H groups in total. The van der Waals surface area contributed by atoms with Crippen molar-refractivity contribution >= 4 is 5.97 Å². The van der Waals surface area contributed by atoms with Crippen LogP contribution in [0.15, 0.2) is 4.52 Å². The number of aliphatic carboxylic acids is 1. The lowest BCUT2D eigenvalue weighted by molar-refractivity contribution is -0.141. The van der Waals surface area contributed by atoms with Crippen LogP contribution in [0.4, 0.5) is 0 Å². The van der Waals surface area contributed by atoms with Crippen molar-refractivity contribution in [2.45, 2.75) is 26.3 Å². The number of carbonyl (C=O) groups is 1. The van der Waals surface area contributed by atoms with E-state index in [9.17, 15) is 4.79 Å². The van der Waals surface area contributed by atoms with Gasteiger partial charge in [0.25, 0.3) is 0 Å². The van der Waals surface area contributed by atoms with Gasteiger partial charge in [-0.1, -0.05) is 12.1 Å². The van der Waals surface area contributed by atoms with Crippen LogP contribution >= 0.6 is 0 Å². The third-order valence-electron chi connectivity index (χ3n) is 2.81. The van der Waals surface area contributed by atoms with Crippen LogP contribution in [0.5, 0.6) is 0 Å². The summed E-state index contributed by atoms with van der Waals surface area (Å²) in [4.78, 5) is 17.0. The molecule has 6 nitrogen and oxygen atoms in total. The van der Waals surface area contributed by atoms with Crippen LogP contribution < -0.4 is 0 Å². The zero-order valence-corrected chi connectivity index (χ0v) is 9.22. The molecule has 2 rings (SSSR count). The summed E-state index contributed by atoms with van der Waals surface area (Å²) in [5, 5.41) is 12.7. The number of aryl methyl sites for hydroxylation is 1. The lowest BCUT2D eigenvalue weighted by Crippen LogP contribution is -2.22. The molecule has 2 heterocycles. The third kappa shape index (κ3) is 2.38. The SMILES string of the molecule is CCc1noc(CN2CCC(C(=O)O)C2)n1. The summed E-state index contributed by atoms with van der Waals surface area (Å²) in [6.07, 6.45) is 1.45. The minimum absolute atomic E-state index is 0.256. The maximum Gasteiger partial charge on any atom is 0.307 e. The van der Waals surface area contributed by atoms with Crippen molar-refractivity contribution in [2.24, 2.45) is 5.92 Å². The number of carboxylic acids is 1. The summed E-state index contributed by atoms with van der Waals surface area (Å²) in [7, 11) is 0. The second-order valence-corrected chi connectivity index (χ2v) is 4.02. The van der Waals surface area contributed by atoms with Gasteiger partial charge in [-0.3, -0.25) is 9.69 Å². The molecule has 1 aliphatic rings. The number of rotatable bonds is 4. The van der Waals surface area contributed by atoms with E-state index in [1.807, 2.05) is 11.8 Å². The summed E-state index contributed by atoms with van der Waals surface area (Å²) in [5.74, 6) is 0.294. The number of likely N-dealkylation sites (tertiary alicyclic amines) is 1. The number of hydrogen-bond acceptors (Lipinski definition) is 5. The first-order valence-corrected chi connectivity index (χ1v) is 5.45. The van der Waals surface area contributed by atoms with Crippen molar-refractivity contribution in [3.8, 4) is 0 Å². The smallest absolute Gasteiger partial charge is 0.307 e. The molecular formula is C10H15N3O3. The lowest BCUT2D eigenvalue weighted by Gasteiger charge is -2.11. The Bertz CT molecular complexity index is 377. The Morgan fingerprint density at radius 1 is 1.69 bits per heavy atom. The Kier molecular flexibility index (Phi) is 3.19. The van der Waals surface area contributed by atoms with Gasteiger partial charge < -0.3 is 9.63 Å². The molecule has 0 saturated carbocycles. The first-order valence-electron chi connectivity index (χ1n) is 5.45. The van der Waals surface area contributed by atoms with Crippen LogP contribution in [-0.2, 0) is 17.8 Å². The average molecular weight is 225 g/mol. The Morgan fingerprint density at radius 3 is 3.06 bits per heavy atom. The minimum atomic E-state index is -0.720. The minimum Gasteiger partial charge on any atom is -0.481 e. The van der Waals surface area contributed by atoms with Gasteiger partial charge in [-0.2, -0.15) is 4.98 Å². The van der Waals surface area contributed by atoms with Crippen molar-refractivity contribution in [2.75, 3.05) is 13.1 Å². The lowest BCUT2D eigenvalue weighted by atomic mass is 10.1. The molecule has 1 atom stereocenters. The highest BCUT2D eigenvalue weighted by Crippen LogP contribution is 2.18. The highest BCUT2D eigenvalue weighted by Gasteiger charge is 2.28. The molecule has 1 aromatic heterocycles. The summed E-state index contributed by atoms with van der Waals surface area (Å²) >= 11 is 0. The maximum atomic E-state index is 10.8. The summed E-state index contributed by atoms with van der Waals surface area (Å²) in [6.45, 7) is 3.86. The Balaban J connectivity index is 1.89. The number of hydrogen-bond donors (Lipinski definition) is 1. The normalized spacial score (nSPS) is 21.4. The number of carboxylic acid groups (broad SMARTS) is 1. The van der Waals surface area contributed by atoms with Crippen LogP contribution in [-0.4, -0.2) is 39.2 Å². The van der Waals surface area contributed by atoms with Crippen molar-refractivity contribution in [3.63, 3.8) is 0 Å². The van der Waals surface area contributed by atoms with Crippen molar-refractivity contribution in [1.82, 2.24) is 15.0 Å². The van der Waals surface area contributed by atoms with Gasteiger partial charge in [0, 0.05) is 13.0 Å². The molecule has 0 bridgehead atoms. The third-order valence-corrected chi connectivity index (χ3v) is 2.81. The molecule has 88 valence electrons. The molecule has 0 amide bonds. The maximum absolute atomic E-state index is 10.8. The molecule has 1 fully saturated rings. The van der Waals surface area contributed by atoms with Gasteiger partial charge in [0.15, 0.2) is 5.82 Å². The Labute approximate surface area is 93.2 Å². The number of aromatic nitrogens is 2. The molecule has 6 heteroatoms. The fraction of sp³-hybridized carbons (Fsp3) is 0.700. The van der Waals surface area contributed by atoms with E-state index in [0.717, 1.165) is 13.0 Å². The van der Waals surface area contributed by atoms with Crippen LogP contribution in [0.2, 0.25) is 0 Å². The van der Waals surface area contributed by atoms with Crippen molar-refractivity contribution < 1.29 is 14.4 Å². The standard InChI is InChI=1S/C10H15N3O3/c1-2-8-11-9(16-12-8)6-13-4-3-7(5-13)10(14)15/h7H,2-6H2,1H3,(H,14,15). The summed E-state index contributed by atoms with van der Waals surface area (Å²) in [6, 6.07) is 0. The predicted octanol–water partition coefficient (Wildman–Crippen LogP) is 0.538. The van der Waals surface area contributed by atoms with Gasteiger partial charge >= 0.3 is 5.97 Å². The molecule has 16 heavy (non-hydrogen) atoms. The molecule has 0 radical (unpaired) electrons. The molecular weight excluding hydrogens is 210 g/mol. The number of nitrogens with zero attached hydrogens (tertiary/aromatic N) is 3. The van der Waals surface area contributed by atoms with Gasteiger partial charge in [0.05, 0.1) is 12.5 Å². The van der Waals surface area contributed by atoms with E-state index in [4.69, 9.17) is 9.63 Å². The summed E-state index contributed by atoms with van der Waals surface area (Å²) < 4.78 is 5.06. The monoisotopic (exact) mass is 225 g/mol. The van der Waals surface area contributed by atoms with Crippen LogP contribution in [0, 0.1) is 5.92 Å². The first kappa shape index (κ1) is 11.1. The van der Waals surface area contributed by atoms with E-state index >= 15 is 0 Å². The molecule has 0 spiro atoms. The van der Waals surface area contributed by atoms with Crippen molar-refractivity contribution in [1.29, 1.82) is 0 Å². The van der Waals surface area contributed by atoms with Gasteiger partial charge in [-0.05, 0) is 13.0 Å². The van der Waals surface area contributed by atoms with Gasteiger partial charge in [0.2, 0.25) is 5.89 Å². The highest BCUT2D eigenvalue weighted by molar-refractivity contribution is 5.70. The molecule has 1 aromatic rings. The first-order chi connectivity index (χ1) is 7.69. The predicted molar refractivity (Wildman–Crippen MR) is 54.7 cm³/mol. The zero-order valence-electron chi connectivity index (χ0n) is 9.22. The van der Waals surface area contributed by atoms with E-state index in [2.05, 4.69) is 10.1 Å². The topological polar surface area (TPSA) is 79.5 Å². The fourth-order valence-electron chi connectivity index (χ4n) is 1.87. The van der Waals surface area contributed by atoms with Crippen LogP contribution in [0.25, 0.3) is 0 Å². The van der Waals surface area contributed by atoms with E-state index in [1.54, 1.807) is 0 Å². The fourth-order valence-corrected chi connectivity index (χ4v) is 1.87. The van der Waals surface area contributed by atoms with Gasteiger partial charge in [-0.15, -0.1) is 0 Å². The average Bonchev–Trinajstić information content (AvgIpc) is 2.87. The van der Waals surface area contributed by atoms with Gasteiger partial charge in [0.1, 0.15) is 0 Å². The second kappa shape index (κ2) is 4.61. The van der Waals surface area contributed by atoms with E-state index in [-0.39, 0.29) is 5.92 Å². The molecule has 1 saturated heterocycles. The van der Waals surface area contributed by atoms with Crippen molar-refractivity contribution in [3.05, 3.63) is 11.7 Å². The van der Waals surface area contributed by atoms with Crippen LogP contribution in [0.1, 0.15) is 25.1 Å². The van der Waals surface area contributed by atoms with E-state index in [1.165, 1.54) is 0 Å². The zero-order chi connectivity index (χ0) is 11.5. The quantitative estimate of drug-likeness (QED) is 0.805. The highest BCUT2D eigenvalue weighted by atomic mass is 16.5. The molecule has 0 aliphatic carbocycles. The molecule has 0 aromatic carbocycles. The molecule has 1 aliphatic heterocycles. The largest absolute Gasteiger partial charge is 0.481 e. The summed E-state index contributed by atoms with van der Waals surface area (Å²) in [5.41, 5.74) is 0. The Hall–Kier alpha value is -1.43. The molecule has 1 unspecified atom stereocenters.